The van der Waals surface area contributed by atoms with Crippen LogP contribution in [0, 0.1) is 3.57 Å². The number of Topliss-reactive ketones (excluding diaryl/α,β-unsaturated/α-hetero) is 1. The SMILES string of the molecule is CC(=O)c1ccc(Cl)c(OC(F)(F)F)c1I. The van der Waals surface area contributed by atoms with Crippen LogP contribution in [0.4, 0.5) is 13.2 Å². The maximum Gasteiger partial charge on any atom is 0.573 e. The molecule has 2 nitrogen and oxygen atoms in total. The van der Waals surface area contributed by atoms with Gasteiger partial charge in [0, 0.05) is 5.56 Å². The lowest BCUT2D eigenvalue weighted by Gasteiger charge is -2.13. The van der Waals surface area contributed by atoms with Crippen molar-refractivity contribution in [3.05, 3.63) is 26.3 Å². The first-order chi connectivity index (χ1) is 7.22. The number of benzene rings is 1. The molecule has 0 amide bonds. The molecule has 0 aliphatic rings. The Bertz CT molecular complexity index is 431. The van der Waals surface area contributed by atoms with Crippen LogP contribution >= 0.6 is 34.2 Å². The highest BCUT2D eigenvalue weighted by Crippen LogP contribution is 2.36. The predicted octanol–water partition coefficient (Wildman–Crippen LogP) is 4.05. The van der Waals surface area contributed by atoms with E-state index in [-0.39, 0.29) is 19.9 Å². The average Bonchev–Trinajstić information content (AvgIpc) is 2.10. The van der Waals surface area contributed by atoms with Gasteiger partial charge in [0.25, 0.3) is 0 Å². The van der Waals surface area contributed by atoms with Crippen LogP contribution in [0.1, 0.15) is 17.3 Å². The first-order valence-corrected chi connectivity index (χ1v) is 5.42. The fourth-order valence-corrected chi connectivity index (χ4v) is 2.33. The molecular formula is C9H5ClF3IO2. The van der Waals surface area contributed by atoms with Gasteiger partial charge in [0.2, 0.25) is 0 Å². The Kier molecular flexibility index (Phi) is 4.06. The summed E-state index contributed by atoms with van der Waals surface area (Å²) in [5.74, 6) is -0.893. The molecule has 0 saturated carbocycles. The largest absolute Gasteiger partial charge is 0.573 e. The van der Waals surface area contributed by atoms with E-state index >= 15 is 0 Å². The molecule has 0 N–H and O–H groups in total. The molecule has 1 aromatic rings. The van der Waals surface area contributed by atoms with Crippen LogP contribution in [-0.4, -0.2) is 12.1 Å². The van der Waals surface area contributed by atoms with Crippen LogP contribution in [0.5, 0.6) is 5.75 Å². The molecule has 7 heteroatoms. The van der Waals surface area contributed by atoms with Crippen molar-refractivity contribution in [1.29, 1.82) is 0 Å². The summed E-state index contributed by atoms with van der Waals surface area (Å²) in [5.41, 5.74) is 0.143. The van der Waals surface area contributed by atoms with Crippen molar-refractivity contribution < 1.29 is 22.7 Å². The predicted molar refractivity (Wildman–Crippen MR) is 60.9 cm³/mol. The number of ether oxygens (including phenoxy) is 1. The van der Waals surface area contributed by atoms with E-state index in [1.807, 2.05) is 0 Å². The molecule has 0 unspecified atom stereocenters. The van der Waals surface area contributed by atoms with Gasteiger partial charge in [0.1, 0.15) is 0 Å². The molecule has 0 heterocycles. The third-order valence-corrected chi connectivity index (χ3v) is 3.01. The summed E-state index contributed by atoms with van der Waals surface area (Å²) >= 11 is 7.16. The molecule has 0 aliphatic carbocycles. The summed E-state index contributed by atoms with van der Waals surface area (Å²) in [6.45, 7) is 1.25. The van der Waals surface area contributed by atoms with Gasteiger partial charge in [-0.3, -0.25) is 4.79 Å². The second-order valence-corrected chi connectivity index (χ2v) is 4.33. The van der Waals surface area contributed by atoms with E-state index in [4.69, 9.17) is 11.6 Å². The van der Waals surface area contributed by atoms with Gasteiger partial charge in [-0.2, -0.15) is 0 Å². The summed E-state index contributed by atoms with van der Waals surface area (Å²) in [7, 11) is 0. The lowest BCUT2D eigenvalue weighted by atomic mass is 10.1. The third-order valence-electron chi connectivity index (χ3n) is 1.65. The molecular weight excluding hydrogens is 359 g/mol. The van der Waals surface area contributed by atoms with Gasteiger partial charge in [-0.25, -0.2) is 0 Å². The van der Waals surface area contributed by atoms with Gasteiger partial charge in [-0.15, -0.1) is 13.2 Å². The standard InChI is InChI=1S/C9H5ClF3IO2/c1-4(15)5-2-3-6(10)8(7(5)14)16-9(11,12)13/h2-3H,1H3. The zero-order valence-corrected chi connectivity index (χ0v) is 10.8. The van der Waals surface area contributed by atoms with Gasteiger partial charge < -0.3 is 4.74 Å². The lowest BCUT2D eigenvalue weighted by molar-refractivity contribution is -0.274. The number of hydrogen-bond donors (Lipinski definition) is 0. The molecule has 0 aliphatic heterocycles. The molecule has 0 fully saturated rings. The van der Waals surface area contributed by atoms with Crippen molar-refractivity contribution in [2.24, 2.45) is 0 Å². The van der Waals surface area contributed by atoms with Crippen LogP contribution in [0.2, 0.25) is 5.02 Å². The summed E-state index contributed by atoms with van der Waals surface area (Å²) in [6.07, 6.45) is -4.83. The van der Waals surface area contributed by atoms with E-state index in [1.165, 1.54) is 19.1 Å². The van der Waals surface area contributed by atoms with Crippen molar-refractivity contribution in [2.75, 3.05) is 0 Å². The number of carbonyl (C=O) groups excluding carboxylic acids is 1. The Morgan fingerprint density at radius 2 is 2.00 bits per heavy atom. The topological polar surface area (TPSA) is 26.3 Å². The number of carbonyl (C=O) groups is 1. The van der Waals surface area contributed by atoms with Gasteiger partial charge in [0.15, 0.2) is 11.5 Å². The van der Waals surface area contributed by atoms with Crippen molar-refractivity contribution in [3.63, 3.8) is 0 Å². The van der Waals surface area contributed by atoms with E-state index in [9.17, 15) is 18.0 Å². The maximum atomic E-state index is 12.1. The van der Waals surface area contributed by atoms with Gasteiger partial charge in [-0.05, 0) is 41.6 Å². The number of alkyl halides is 3. The number of halogens is 5. The molecule has 0 saturated heterocycles. The quantitative estimate of drug-likeness (QED) is 0.585. The highest BCUT2D eigenvalue weighted by atomic mass is 127. The van der Waals surface area contributed by atoms with Crippen molar-refractivity contribution in [2.45, 2.75) is 13.3 Å². The third kappa shape index (κ3) is 3.24. The Labute approximate surface area is 108 Å². The van der Waals surface area contributed by atoms with E-state index in [1.54, 1.807) is 22.6 Å². The Morgan fingerprint density at radius 1 is 1.44 bits per heavy atom. The Hall–Kier alpha value is -0.500. The summed E-state index contributed by atoms with van der Waals surface area (Å²) in [5, 5.41) is -0.188. The second kappa shape index (κ2) is 4.79. The molecule has 88 valence electrons. The highest BCUT2D eigenvalue weighted by Gasteiger charge is 2.33. The normalized spacial score (nSPS) is 11.4. The number of ketones is 1. The lowest BCUT2D eigenvalue weighted by Crippen LogP contribution is -2.18. The van der Waals surface area contributed by atoms with Crippen LogP contribution < -0.4 is 4.74 Å². The second-order valence-electron chi connectivity index (χ2n) is 2.84. The van der Waals surface area contributed by atoms with Crippen LogP contribution in [0.25, 0.3) is 0 Å². The van der Waals surface area contributed by atoms with Gasteiger partial charge in [0.05, 0.1) is 8.59 Å². The van der Waals surface area contributed by atoms with E-state index in [0.29, 0.717) is 0 Å². The zero-order valence-electron chi connectivity index (χ0n) is 7.86. The fraction of sp³-hybridized carbons (Fsp3) is 0.222. The Morgan fingerprint density at radius 3 is 2.44 bits per heavy atom. The molecule has 1 aromatic carbocycles. The fourth-order valence-electron chi connectivity index (χ4n) is 1.01. The van der Waals surface area contributed by atoms with Crippen molar-refractivity contribution in [1.82, 2.24) is 0 Å². The minimum atomic E-state index is -4.83. The van der Waals surface area contributed by atoms with Crippen LogP contribution in [-0.2, 0) is 0 Å². The first-order valence-electron chi connectivity index (χ1n) is 3.97. The van der Waals surface area contributed by atoms with Crippen molar-refractivity contribution >= 4 is 40.0 Å². The maximum absolute atomic E-state index is 12.1. The molecule has 16 heavy (non-hydrogen) atoms. The monoisotopic (exact) mass is 364 g/mol. The Balaban J connectivity index is 3.27. The van der Waals surface area contributed by atoms with Crippen molar-refractivity contribution in [3.8, 4) is 5.75 Å². The molecule has 0 aromatic heterocycles. The molecule has 0 bridgehead atoms. The summed E-state index contributed by atoms with van der Waals surface area (Å²) < 4.78 is 40.0. The van der Waals surface area contributed by atoms with E-state index in [2.05, 4.69) is 4.74 Å². The van der Waals surface area contributed by atoms with E-state index in [0.717, 1.165) is 0 Å². The minimum Gasteiger partial charge on any atom is -0.403 e. The highest BCUT2D eigenvalue weighted by molar-refractivity contribution is 14.1. The molecule has 0 radical (unpaired) electrons. The molecule has 1 rings (SSSR count). The molecule has 0 atom stereocenters. The number of rotatable bonds is 2. The van der Waals surface area contributed by atoms with Crippen LogP contribution in [0.15, 0.2) is 12.1 Å². The molecule has 0 spiro atoms. The van der Waals surface area contributed by atoms with Gasteiger partial charge >= 0.3 is 6.36 Å². The summed E-state index contributed by atoms with van der Waals surface area (Å²) in [4.78, 5) is 11.1. The number of hydrogen-bond acceptors (Lipinski definition) is 2. The average molecular weight is 364 g/mol. The minimum absolute atomic E-state index is 0.0509. The van der Waals surface area contributed by atoms with Crippen LogP contribution in [0.3, 0.4) is 0 Å². The van der Waals surface area contributed by atoms with E-state index < -0.39 is 12.1 Å². The zero-order chi connectivity index (χ0) is 12.5. The summed E-state index contributed by atoms with van der Waals surface area (Å²) in [6, 6.07) is 2.55. The first kappa shape index (κ1) is 13.6. The smallest absolute Gasteiger partial charge is 0.403 e. The van der Waals surface area contributed by atoms with Gasteiger partial charge in [-0.1, -0.05) is 11.6 Å².